The zero-order chi connectivity index (χ0) is 20.1. The van der Waals surface area contributed by atoms with Crippen LogP contribution in [0.4, 0.5) is 0 Å². The van der Waals surface area contributed by atoms with Gasteiger partial charge in [-0.3, -0.25) is 9.59 Å². The Bertz CT molecular complexity index is 963. The molecule has 1 aliphatic rings. The third-order valence-electron chi connectivity index (χ3n) is 4.39. The van der Waals surface area contributed by atoms with Crippen LogP contribution in [0.2, 0.25) is 5.02 Å². The maximum absolute atomic E-state index is 12.5. The second kappa shape index (κ2) is 8.96. The van der Waals surface area contributed by atoms with Crippen LogP contribution in [0.3, 0.4) is 0 Å². The molecule has 0 bridgehead atoms. The summed E-state index contributed by atoms with van der Waals surface area (Å²) in [6, 6.07) is 16.1. The number of benzene rings is 2. The largest absolute Gasteiger partial charge is 0.497 e. The molecule has 1 heterocycles. The maximum Gasteiger partial charge on any atom is 0.225 e. The number of hydrogen-bond donors (Lipinski definition) is 1. The Hall–Kier alpha value is -2.75. The molecule has 2 aromatic carbocycles. The van der Waals surface area contributed by atoms with Crippen LogP contribution in [0.25, 0.3) is 0 Å². The van der Waals surface area contributed by atoms with Crippen LogP contribution in [0, 0.1) is 11.3 Å². The third-order valence-corrected chi connectivity index (χ3v) is 5.66. The lowest BCUT2D eigenvalue weighted by molar-refractivity contribution is -0.120. The van der Waals surface area contributed by atoms with Crippen molar-refractivity contribution in [3.05, 3.63) is 75.3 Å². The first kappa shape index (κ1) is 20.0. The van der Waals surface area contributed by atoms with Crippen molar-refractivity contribution in [1.82, 2.24) is 5.32 Å². The van der Waals surface area contributed by atoms with Crippen molar-refractivity contribution < 1.29 is 14.3 Å². The first-order valence-corrected chi connectivity index (χ1v) is 9.88. The second-order valence-electron chi connectivity index (χ2n) is 6.15. The minimum atomic E-state index is -0.352. The summed E-state index contributed by atoms with van der Waals surface area (Å²) in [5.74, 6) is 0.151. The number of nitrogens with one attached hydrogen (secondary N) is 1. The minimum absolute atomic E-state index is 0.0969. The number of nitrogens with zero attached hydrogens (tertiary/aromatic N) is 1. The number of halogens is 1. The summed E-state index contributed by atoms with van der Waals surface area (Å²) in [6.45, 7) is 0. The van der Waals surface area contributed by atoms with Gasteiger partial charge >= 0.3 is 0 Å². The SMILES string of the molecule is COc1ccc(C(=O)CSC2=C(C#N)[C@@H](c3ccc(Cl)cc3)CC(=O)N2)cc1. The van der Waals surface area contributed by atoms with Gasteiger partial charge in [-0.05, 0) is 42.0 Å². The summed E-state index contributed by atoms with van der Waals surface area (Å²) in [5, 5.41) is 13.4. The van der Waals surface area contributed by atoms with Crippen LogP contribution in [0.15, 0.2) is 59.1 Å². The second-order valence-corrected chi connectivity index (χ2v) is 7.57. The van der Waals surface area contributed by atoms with Crippen LogP contribution in [-0.2, 0) is 4.79 Å². The third kappa shape index (κ3) is 4.56. The van der Waals surface area contributed by atoms with Gasteiger partial charge in [0.15, 0.2) is 5.78 Å². The summed E-state index contributed by atoms with van der Waals surface area (Å²) in [4.78, 5) is 24.6. The van der Waals surface area contributed by atoms with Crippen molar-refractivity contribution in [3.63, 3.8) is 0 Å². The molecule has 0 fully saturated rings. The molecule has 1 N–H and O–H groups in total. The molecule has 1 atom stereocenters. The number of ketones is 1. The maximum atomic E-state index is 12.5. The van der Waals surface area contributed by atoms with E-state index in [0.717, 1.165) is 5.56 Å². The number of Topliss-reactive ketones (excluding diaryl/α,β-unsaturated/α-hetero) is 1. The lowest BCUT2D eigenvalue weighted by Crippen LogP contribution is -2.31. The predicted octanol–water partition coefficient (Wildman–Crippen LogP) is 4.30. The molecule has 0 aliphatic carbocycles. The van der Waals surface area contributed by atoms with Gasteiger partial charge in [-0.1, -0.05) is 35.5 Å². The molecule has 0 spiro atoms. The van der Waals surface area contributed by atoms with Gasteiger partial charge < -0.3 is 10.1 Å². The topological polar surface area (TPSA) is 79.2 Å². The van der Waals surface area contributed by atoms with Gasteiger partial charge in [0.2, 0.25) is 5.91 Å². The van der Waals surface area contributed by atoms with E-state index in [4.69, 9.17) is 16.3 Å². The smallest absolute Gasteiger partial charge is 0.225 e. The van der Waals surface area contributed by atoms with E-state index in [9.17, 15) is 14.9 Å². The molecule has 0 radical (unpaired) electrons. The van der Waals surface area contributed by atoms with Crippen molar-refractivity contribution in [2.75, 3.05) is 12.9 Å². The normalized spacial score (nSPS) is 16.3. The Balaban J connectivity index is 1.79. The van der Waals surface area contributed by atoms with E-state index in [1.165, 1.54) is 11.8 Å². The molecular formula is C21H17ClN2O3S. The number of carbonyl (C=O) groups is 2. The zero-order valence-electron chi connectivity index (χ0n) is 15.1. The number of amides is 1. The average molecular weight is 413 g/mol. The fourth-order valence-corrected chi connectivity index (χ4v) is 4.01. The Labute approximate surface area is 172 Å². The number of allylic oxidation sites excluding steroid dienone is 1. The molecular weight excluding hydrogens is 396 g/mol. The lowest BCUT2D eigenvalue weighted by atomic mass is 9.87. The molecule has 28 heavy (non-hydrogen) atoms. The molecule has 5 nitrogen and oxygen atoms in total. The summed E-state index contributed by atoms with van der Waals surface area (Å²) >= 11 is 7.10. The van der Waals surface area contributed by atoms with Crippen LogP contribution >= 0.6 is 23.4 Å². The van der Waals surface area contributed by atoms with Gasteiger partial charge in [0, 0.05) is 22.9 Å². The van der Waals surface area contributed by atoms with E-state index in [1.807, 2.05) is 12.1 Å². The first-order valence-electron chi connectivity index (χ1n) is 8.51. The lowest BCUT2D eigenvalue weighted by Gasteiger charge is -2.25. The highest BCUT2D eigenvalue weighted by atomic mass is 35.5. The van der Waals surface area contributed by atoms with Crippen molar-refractivity contribution in [3.8, 4) is 11.8 Å². The molecule has 0 saturated heterocycles. The summed E-state index contributed by atoms with van der Waals surface area (Å²) in [6.07, 6.45) is 0.182. The molecule has 3 rings (SSSR count). The fraction of sp³-hybridized carbons (Fsp3) is 0.190. The van der Waals surface area contributed by atoms with Gasteiger partial charge in [-0.25, -0.2) is 0 Å². The Kier molecular flexibility index (Phi) is 6.40. The Morgan fingerprint density at radius 2 is 1.93 bits per heavy atom. The van der Waals surface area contributed by atoms with E-state index in [-0.39, 0.29) is 29.8 Å². The van der Waals surface area contributed by atoms with E-state index in [1.54, 1.807) is 43.5 Å². The molecule has 0 aromatic heterocycles. The summed E-state index contributed by atoms with van der Waals surface area (Å²) < 4.78 is 5.09. The molecule has 7 heteroatoms. The predicted molar refractivity (Wildman–Crippen MR) is 109 cm³/mol. The molecule has 1 amide bonds. The van der Waals surface area contributed by atoms with E-state index < -0.39 is 0 Å². The molecule has 1 aliphatic heterocycles. The highest BCUT2D eigenvalue weighted by Gasteiger charge is 2.29. The van der Waals surface area contributed by atoms with Crippen molar-refractivity contribution in [2.24, 2.45) is 0 Å². The fourth-order valence-electron chi connectivity index (χ4n) is 2.91. The number of thioether (sulfide) groups is 1. The monoisotopic (exact) mass is 412 g/mol. The Morgan fingerprint density at radius 3 is 2.54 bits per heavy atom. The van der Waals surface area contributed by atoms with E-state index in [0.29, 0.717) is 26.9 Å². The average Bonchev–Trinajstić information content (AvgIpc) is 2.72. The van der Waals surface area contributed by atoms with Crippen LogP contribution in [-0.4, -0.2) is 24.6 Å². The van der Waals surface area contributed by atoms with E-state index in [2.05, 4.69) is 11.4 Å². The molecule has 2 aromatic rings. The number of nitriles is 1. The van der Waals surface area contributed by atoms with E-state index >= 15 is 0 Å². The van der Waals surface area contributed by atoms with Gasteiger partial charge in [0.25, 0.3) is 0 Å². The highest BCUT2D eigenvalue weighted by Crippen LogP contribution is 2.36. The number of hydrogen-bond acceptors (Lipinski definition) is 5. The quantitative estimate of drug-likeness (QED) is 0.715. The zero-order valence-corrected chi connectivity index (χ0v) is 16.6. The van der Waals surface area contributed by atoms with Gasteiger partial charge in [-0.2, -0.15) is 5.26 Å². The number of ether oxygens (including phenoxy) is 1. The van der Waals surface area contributed by atoms with Gasteiger partial charge in [-0.15, -0.1) is 0 Å². The van der Waals surface area contributed by atoms with Crippen molar-refractivity contribution >= 4 is 35.1 Å². The minimum Gasteiger partial charge on any atom is -0.497 e. The summed E-state index contributed by atoms with van der Waals surface area (Å²) in [7, 11) is 1.56. The number of methoxy groups -OCH3 is 1. The molecule has 0 unspecified atom stereocenters. The van der Waals surface area contributed by atoms with Crippen molar-refractivity contribution in [2.45, 2.75) is 12.3 Å². The number of carbonyl (C=O) groups excluding carboxylic acids is 2. The van der Waals surface area contributed by atoms with Crippen LogP contribution in [0.1, 0.15) is 28.3 Å². The van der Waals surface area contributed by atoms with Crippen LogP contribution < -0.4 is 10.1 Å². The van der Waals surface area contributed by atoms with Crippen LogP contribution in [0.5, 0.6) is 5.75 Å². The molecule has 0 saturated carbocycles. The standard InChI is InChI=1S/C21H17ClN2O3S/c1-27-16-8-4-14(5-9-16)19(25)12-28-21-18(11-23)17(10-20(26)24-21)13-2-6-15(22)7-3-13/h2-9,17H,10,12H2,1H3,(H,24,26)/t17-/m1/s1. The van der Waals surface area contributed by atoms with Gasteiger partial charge in [0.05, 0.1) is 29.5 Å². The van der Waals surface area contributed by atoms with Gasteiger partial charge in [0.1, 0.15) is 5.75 Å². The highest BCUT2D eigenvalue weighted by molar-refractivity contribution is 8.03. The van der Waals surface area contributed by atoms with Crippen molar-refractivity contribution in [1.29, 1.82) is 5.26 Å². The Morgan fingerprint density at radius 1 is 1.25 bits per heavy atom. The first-order chi connectivity index (χ1) is 13.5. The number of rotatable bonds is 6. The molecule has 142 valence electrons. The summed E-state index contributed by atoms with van der Waals surface area (Å²) in [5.41, 5.74) is 1.84.